The van der Waals surface area contributed by atoms with Crippen molar-refractivity contribution in [3.63, 3.8) is 0 Å². The Morgan fingerprint density at radius 2 is 1.81 bits per heavy atom. The molecule has 3 N–H and O–H groups in total. The molecule has 9 nitrogen and oxygen atoms in total. The van der Waals surface area contributed by atoms with Gasteiger partial charge < -0.3 is 20.5 Å². The van der Waals surface area contributed by atoms with E-state index in [-0.39, 0.29) is 23.1 Å². The first-order chi connectivity index (χ1) is 14.8. The monoisotopic (exact) mass is 447 g/mol. The van der Waals surface area contributed by atoms with Gasteiger partial charge in [0.1, 0.15) is 16.4 Å². The molecule has 1 heterocycles. The number of nitrogens with one attached hydrogen (secondary N) is 1. The van der Waals surface area contributed by atoms with E-state index in [4.69, 9.17) is 15.2 Å². The third kappa shape index (κ3) is 4.97. The largest absolute Gasteiger partial charge is 0.497 e. The Bertz CT molecular complexity index is 1070. The van der Waals surface area contributed by atoms with Crippen molar-refractivity contribution < 1.29 is 27.5 Å². The highest BCUT2D eigenvalue weighted by molar-refractivity contribution is 7.89. The van der Waals surface area contributed by atoms with Gasteiger partial charge in [0.15, 0.2) is 0 Å². The lowest BCUT2D eigenvalue weighted by Crippen LogP contribution is -2.43. The van der Waals surface area contributed by atoms with Crippen LogP contribution in [0.2, 0.25) is 0 Å². The van der Waals surface area contributed by atoms with Crippen LogP contribution in [0.15, 0.2) is 47.4 Å². The minimum Gasteiger partial charge on any atom is -0.497 e. The summed E-state index contributed by atoms with van der Waals surface area (Å²) in [7, 11) is -1.04. The minimum absolute atomic E-state index is 0.00236. The number of benzene rings is 2. The first kappa shape index (κ1) is 22.6. The third-order valence-electron chi connectivity index (χ3n) is 5.18. The van der Waals surface area contributed by atoms with E-state index in [0.717, 1.165) is 0 Å². The number of hydrogen-bond acceptors (Lipinski definition) is 6. The van der Waals surface area contributed by atoms with Crippen molar-refractivity contribution in [1.82, 2.24) is 4.31 Å². The molecule has 0 aliphatic carbocycles. The average Bonchev–Trinajstić information content (AvgIpc) is 2.79. The van der Waals surface area contributed by atoms with Crippen LogP contribution in [-0.2, 0) is 14.8 Å². The van der Waals surface area contributed by atoms with Gasteiger partial charge in [0.05, 0.1) is 20.1 Å². The van der Waals surface area contributed by atoms with Crippen molar-refractivity contribution in [2.45, 2.75) is 17.7 Å². The Balaban J connectivity index is 1.76. The number of carbonyl (C=O) groups excluding carboxylic acids is 2. The maximum atomic E-state index is 13.3. The number of rotatable bonds is 7. The molecule has 1 aliphatic rings. The lowest BCUT2D eigenvalue weighted by Gasteiger charge is -2.31. The molecule has 10 heteroatoms. The SMILES string of the molecule is COc1ccc(OC)c(S(=O)(=O)N2CCC[C@@H](C(=O)Nc3ccc(C(N)=O)cc3)C2)c1. The molecule has 1 aliphatic heterocycles. The smallest absolute Gasteiger partial charge is 0.248 e. The normalized spacial score (nSPS) is 17.0. The fourth-order valence-corrected chi connectivity index (χ4v) is 5.16. The van der Waals surface area contributed by atoms with Gasteiger partial charge in [0.25, 0.3) is 0 Å². The Labute approximate surface area is 181 Å². The van der Waals surface area contributed by atoms with Crippen molar-refractivity contribution in [1.29, 1.82) is 0 Å². The van der Waals surface area contributed by atoms with Gasteiger partial charge in [-0.1, -0.05) is 0 Å². The van der Waals surface area contributed by atoms with E-state index in [1.54, 1.807) is 18.2 Å². The number of ether oxygens (including phenoxy) is 2. The van der Waals surface area contributed by atoms with E-state index in [0.29, 0.717) is 36.4 Å². The summed E-state index contributed by atoms with van der Waals surface area (Å²) in [6.07, 6.45) is 1.11. The highest BCUT2D eigenvalue weighted by Gasteiger charge is 2.35. The van der Waals surface area contributed by atoms with Gasteiger partial charge in [-0.25, -0.2) is 8.42 Å². The number of amides is 2. The van der Waals surface area contributed by atoms with Crippen molar-refractivity contribution >= 4 is 27.5 Å². The Morgan fingerprint density at radius 3 is 2.42 bits per heavy atom. The van der Waals surface area contributed by atoms with Crippen LogP contribution >= 0.6 is 0 Å². The second-order valence-corrected chi connectivity index (χ2v) is 9.06. The van der Waals surface area contributed by atoms with Gasteiger partial charge in [-0.15, -0.1) is 0 Å². The van der Waals surface area contributed by atoms with Crippen LogP contribution in [0.3, 0.4) is 0 Å². The zero-order chi connectivity index (χ0) is 22.6. The molecular formula is C21H25N3O6S. The second-order valence-electron chi connectivity index (χ2n) is 7.15. The van der Waals surface area contributed by atoms with Crippen LogP contribution in [0.1, 0.15) is 23.2 Å². The summed E-state index contributed by atoms with van der Waals surface area (Å²) >= 11 is 0. The van der Waals surface area contributed by atoms with E-state index < -0.39 is 21.8 Å². The lowest BCUT2D eigenvalue weighted by atomic mass is 9.98. The number of primary amides is 1. The fourth-order valence-electron chi connectivity index (χ4n) is 3.46. The minimum atomic E-state index is -3.89. The maximum Gasteiger partial charge on any atom is 0.248 e. The molecule has 3 rings (SSSR count). The molecule has 0 bridgehead atoms. The van der Waals surface area contributed by atoms with Crippen molar-refractivity contribution in [3.8, 4) is 11.5 Å². The van der Waals surface area contributed by atoms with Crippen LogP contribution in [-0.4, -0.2) is 51.8 Å². The zero-order valence-corrected chi connectivity index (χ0v) is 18.1. The van der Waals surface area contributed by atoms with Gasteiger partial charge in [-0.3, -0.25) is 9.59 Å². The predicted molar refractivity (Wildman–Crippen MR) is 115 cm³/mol. The van der Waals surface area contributed by atoms with Crippen LogP contribution < -0.4 is 20.5 Å². The molecule has 2 aromatic rings. The summed E-state index contributed by atoms with van der Waals surface area (Å²) in [5.74, 6) is -0.758. The number of nitrogens with two attached hydrogens (primary N) is 1. The van der Waals surface area contributed by atoms with E-state index in [1.165, 1.54) is 42.8 Å². The molecular weight excluding hydrogens is 422 g/mol. The number of carbonyl (C=O) groups is 2. The zero-order valence-electron chi connectivity index (χ0n) is 17.3. The van der Waals surface area contributed by atoms with Gasteiger partial charge in [-0.05, 0) is 49.2 Å². The summed E-state index contributed by atoms with van der Waals surface area (Å²) in [4.78, 5) is 23.9. The van der Waals surface area contributed by atoms with E-state index in [9.17, 15) is 18.0 Å². The predicted octanol–water partition coefficient (Wildman–Crippen LogP) is 1.84. The Hall–Kier alpha value is -3.11. The second kappa shape index (κ2) is 9.36. The first-order valence-corrected chi connectivity index (χ1v) is 11.1. The van der Waals surface area contributed by atoms with Crippen LogP contribution in [0.4, 0.5) is 5.69 Å². The maximum absolute atomic E-state index is 13.3. The molecule has 2 amide bonds. The molecule has 0 radical (unpaired) electrons. The molecule has 0 unspecified atom stereocenters. The molecule has 0 aromatic heterocycles. The summed E-state index contributed by atoms with van der Waals surface area (Å²) in [5, 5.41) is 2.77. The van der Waals surface area contributed by atoms with Crippen molar-refractivity contribution in [2.24, 2.45) is 11.7 Å². The van der Waals surface area contributed by atoms with E-state index in [1.807, 2.05) is 0 Å². The molecule has 1 atom stereocenters. The molecule has 1 fully saturated rings. The topological polar surface area (TPSA) is 128 Å². The fraction of sp³-hybridized carbons (Fsp3) is 0.333. The average molecular weight is 448 g/mol. The third-order valence-corrected chi connectivity index (χ3v) is 7.07. The number of nitrogens with zero attached hydrogens (tertiary/aromatic N) is 1. The number of methoxy groups -OCH3 is 2. The van der Waals surface area contributed by atoms with Gasteiger partial charge in [-0.2, -0.15) is 4.31 Å². The standard InChI is InChI=1S/C21H25N3O6S/c1-29-17-9-10-18(30-2)19(12-17)31(27,28)24-11-3-4-15(13-24)21(26)23-16-7-5-14(6-8-16)20(22)25/h5-10,12,15H,3-4,11,13H2,1-2H3,(H2,22,25)(H,23,26)/t15-/m1/s1. The number of piperidine rings is 1. The summed E-state index contributed by atoms with van der Waals surface area (Å²) < 4.78 is 38.2. The van der Waals surface area contributed by atoms with E-state index in [2.05, 4.69) is 5.32 Å². The summed E-state index contributed by atoms with van der Waals surface area (Å²) in [5.41, 5.74) is 6.06. The number of sulfonamides is 1. The summed E-state index contributed by atoms with van der Waals surface area (Å²) in [6.45, 7) is 0.355. The van der Waals surface area contributed by atoms with E-state index >= 15 is 0 Å². The van der Waals surface area contributed by atoms with Gasteiger partial charge in [0, 0.05) is 30.4 Å². The highest BCUT2D eigenvalue weighted by atomic mass is 32.2. The molecule has 0 spiro atoms. The van der Waals surface area contributed by atoms with Gasteiger partial charge >= 0.3 is 0 Å². The Kier molecular flexibility index (Phi) is 6.81. The van der Waals surface area contributed by atoms with Crippen LogP contribution in [0.25, 0.3) is 0 Å². The van der Waals surface area contributed by atoms with Crippen LogP contribution in [0.5, 0.6) is 11.5 Å². The lowest BCUT2D eigenvalue weighted by molar-refractivity contribution is -0.120. The molecule has 0 saturated carbocycles. The quantitative estimate of drug-likeness (QED) is 0.667. The molecule has 166 valence electrons. The number of hydrogen-bond donors (Lipinski definition) is 2. The van der Waals surface area contributed by atoms with Crippen molar-refractivity contribution in [2.75, 3.05) is 32.6 Å². The summed E-state index contributed by atoms with van der Waals surface area (Å²) in [6, 6.07) is 10.8. The van der Waals surface area contributed by atoms with Crippen LogP contribution in [0, 0.1) is 5.92 Å². The highest BCUT2D eigenvalue weighted by Crippen LogP contribution is 2.32. The molecule has 2 aromatic carbocycles. The van der Waals surface area contributed by atoms with Crippen molar-refractivity contribution in [3.05, 3.63) is 48.0 Å². The van der Waals surface area contributed by atoms with Gasteiger partial charge in [0.2, 0.25) is 21.8 Å². The number of anilines is 1. The first-order valence-electron chi connectivity index (χ1n) is 9.69. The Morgan fingerprint density at radius 1 is 1.10 bits per heavy atom. The molecule has 1 saturated heterocycles. The molecule has 31 heavy (non-hydrogen) atoms.